The first-order valence-electron chi connectivity index (χ1n) is 4.01. The van der Waals surface area contributed by atoms with E-state index in [0.717, 1.165) is 0 Å². The smallest absolute Gasteiger partial charge is 0.377 e. The lowest BCUT2D eigenvalue weighted by Crippen LogP contribution is -2.15. The third-order valence-electron chi connectivity index (χ3n) is 1.76. The molecule has 0 aliphatic heterocycles. The summed E-state index contributed by atoms with van der Waals surface area (Å²) >= 11 is 0. The number of rotatable bonds is 4. The van der Waals surface area contributed by atoms with Gasteiger partial charge in [-0.1, -0.05) is 24.3 Å². The average molecular weight is 194 g/mol. The number of benzene rings is 1. The van der Waals surface area contributed by atoms with Gasteiger partial charge in [-0.3, -0.25) is 4.79 Å². The highest BCUT2D eigenvalue weighted by Gasteiger charge is 2.17. The van der Waals surface area contributed by atoms with Crippen LogP contribution < -0.4 is 0 Å². The number of Topliss-reactive ketones (excluding diaryl/α,β-unsaturated/α-hetero) is 1. The Morgan fingerprint density at radius 3 is 2.57 bits per heavy atom. The van der Waals surface area contributed by atoms with Crippen LogP contribution in [-0.4, -0.2) is 24.0 Å². The fourth-order valence-electron chi connectivity index (χ4n) is 1.14. The van der Waals surface area contributed by atoms with Crippen LogP contribution in [0, 0.1) is 0 Å². The molecule has 0 aliphatic carbocycles. The van der Waals surface area contributed by atoms with Crippen LogP contribution in [0.4, 0.5) is 0 Å². The van der Waals surface area contributed by atoms with Crippen molar-refractivity contribution in [2.45, 2.75) is 6.61 Å². The van der Waals surface area contributed by atoms with Gasteiger partial charge in [0, 0.05) is 12.7 Å². The molecule has 0 unspecified atom stereocenters. The van der Waals surface area contributed by atoms with E-state index in [4.69, 9.17) is 9.84 Å². The number of ketones is 1. The maximum absolute atomic E-state index is 11.2. The van der Waals surface area contributed by atoms with Crippen LogP contribution in [0.5, 0.6) is 0 Å². The zero-order chi connectivity index (χ0) is 10.6. The molecule has 1 aromatic rings. The highest BCUT2D eigenvalue weighted by atomic mass is 16.5. The Hall–Kier alpha value is -1.68. The van der Waals surface area contributed by atoms with Crippen LogP contribution in [0.2, 0.25) is 0 Å². The molecular formula is C10H10O4. The molecular weight excluding hydrogens is 184 g/mol. The molecule has 0 spiro atoms. The van der Waals surface area contributed by atoms with E-state index in [2.05, 4.69) is 0 Å². The van der Waals surface area contributed by atoms with Crippen LogP contribution in [0.3, 0.4) is 0 Å². The molecule has 0 saturated carbocycles. The Labute approximate surface area is 81.1 Å². The summed E-state index contributed by atoms with van der Waals surface area (Å²) in [6.45, 7) is 0.231. The Kier molecular flexibility index (Phi) is 3.36. The molecule has 1 rings (SSSR count). The third-order valence-corrected chi connectivity index (χ3v) is 1.76. The molecule has 74 valence electrons. The molecule has 0 atom stereocenters. The number of carboxylic acid groups (broad SMARTS) is 1. The van der Waals surface area contributed by atoms with Crippen LogP contribution in [-0.2, 0) is 16.1 Å². The second-order valence-electron chi connectivity index (χ2n) is 2.72. The van der Waals surface area contributed by atoms with Gasteiger partial charge in [-0.25, -0.2) is 4.79 Å². The molecule has 4 nitrogen and oxygen atoms in total. The molecule has 4 heteroatoms. The third kappa shape index (κ3) is 2.17. The van der Waals surface area contributed by atoms with E-state index in [1.54, 1.807) is 18.2 Å². The van der Waals surface area contributed by atoms with E-state index in [1.165, 1.54) is 13.2 Å². The van der Waals surface area contributed by atoms with E-state index >= 15 is 0 Å². The van der Waals surface area contributed by atoms with Crippen molar-refractivity contribution in [2.24, 2.45) is 0 Å². The zero-order valence-corrected chi connectivity index (χ0v) is 7.69. The normalized spacial score (nSPS) is 9.79. The second kappa shape index (κ2) is 4.53. The average Bonchev–Trinajstić information content (AvgIpc) is 2.18. The summed E-state index contributed by atoms with van der Waals surface area (Å²) < 4.78 is 4.85. The Bertz CT molecular complexity index is 357. The number of hydrogen-bond acceptors (Lipinski definition) is 3. The first-order valence-corrected chi connectivity index (χ1v) is 4.01. The number of carbonyl (C=O) groups is 2. The molecule has 0 saturated heterocycles. The van der Waals surface area contributed by atoms with Gasteiger partial charge in [0.25, 0.3) is 5.78 Å². The highest BCUT2D eigenvalue weighted by molar-refractivity contribution is 6.40. The largest absolute Gasteiger partial charge is 0.475 e. The predicted molar refractivity (Wildman–Crippen MR) is 49.1 cm³/mol. The van der Waals surface area contributed by atoms with Crippen molar-refractivity contribution in [1.82, 2.24) is 0 Å². The minimum atomic E-state index is -1.45. The number of carboxylic acids is 1. The zero-order valence-electron chi connectivity index (χ0n) is 7.69. The minimum absolute atomic E-state index is 0.182. The number of carbonyl (C=O) groups excluding carboxylic acids is 1. The Balaban J connectivity index is 3.06. The molecule has 0 fully saturated rings. The fourth-order valence-corrected chi connectivity index (χ4v) is 1.14. The van der Waals surface area contributed by atoms with E-state index in [9.17, 15) is 9.59 Å². The lowest BCUT2D eigenvalue weighted by molar-refractivity contribution is -0.131. The summed E-state index contributed by atoms with van der Waals surface area (Å²) in [5, 5.41) is 8.54. The van der Waals surface area contributed by atoms with Crippen molar-refractivity contribution in [3.05, 3.63) is 35.4 Å². The number of aliphatic carboxylic acids is 1. The number of hydrogen-bond donors (Lipinski definition) is 1. The fraction of sp³-hybridized carbons (Fsp3) is 0.200. The van der Waals surface area contributed by atoms with Gasteiger partial charge in [0.2, 0.25) is 0 Å². The lowest BCUT2D eigenvalue weighted by atomic mass is 10.0. The number of ether oxygens (including phenoxy) is 1. The van der Waals surface area contributed by atoms with Crippen LogP contribution in [0.1, 0.15) is 15.9 Å². The molecule has 0 aliphatic rings. The van der Waals surface area contributed by atoms with Gasteiger partial charge in [-0.2, -0.15) is 0 Å². The monoisotopic (exact) mass is 194 g/mol. The molecule has 0 bridgehead atoms. The number of methoxy groups -OCH3 is 1. The molecule has 0 radical (unpaired) electrons. The topological polar surface area (TPSA) is 63.6 Å². The van der Waals surface area contributed by atoms with Crippen molar-refractivity contribution >= 4 is 11.8 Å². The van der Waals surface area contributed by atoms with Crippen molar-refractivity contribution in [3.8, 4) is 0 Å². The Morgan fingerprint density at radius 1 is 1.36 bits per heavy atom. The van der Waals surface area contributed by atoms with Gasteiger partial charge in [0.1, 0.15) is 0 Å². The highest BCUT2D eigenvalue weighted by Crippen LogP contribution is 2.10. The van der Waals surface area contributed by atoms with Gasteiger partial charge in [0.05, 0.1) is 6.61 Å². The molecule has 0 amide bonds. The standard InChI is InChI=1S/C10H10O4/c1-14-6-7-4-2-3-5-8(7)9(11)10(12)13/h2-5H,6H2,1H3,(H,12,13). The van der Waals surface area contributed by atoms with E-state index in [1.807, 2.05) is 0 Å². The Morgan fingerprint density at radius 2 is 2.00 bits per heavy atom. The van der Waals surface area contributed by atoms with Crippen molar-refractivity contribution in [3.63, 3.8) is 0 Å². The lowest BCUT2D eigenvalue weighted by Gasteiger charge is -2.04. The van der Waals surface area contributed by atoms with Crippen LogP contribution in [0.15, 0.2) is 24.3 Å². The minimum Gasteiger partial charge on any atom is -0.475 e. The van der Waals surface area contributed by atoms with Gasteiger partial charge in [-0.15, -0.1) is 0 Å². The van der Waals surface area contributed by atoms with Gasteiger partial charge in [-0.05, 0) is 5.56 Å². The maximum Gasteiger partial charge on any atom is 0.377 e. The summed E-state index contributed by atoms with van der Waals surface area (Å²) in [5.41, 5.74) is 0.768. The van der Waals surface area contributed by atoms with E-state index in [-0.39, 0.29) is 12.2 Å². The van der Waals surface area contributed by atoms with E-state index in [0.29, 0.717) is 5.56 Å². The first kappa shape index (κ1) is 10.4. The molecule has 14 heavy (non-hydrogen) atoms. The summed E-state index contributed by atoms with van der Waals surface area (Å²) in [6, 6.07) is 6.49. The summed E-state index contributed by atoms with van der Waals surface area (Å²) in [6.07, 6.45) is 0. The summed E-state index contributed by atoms with van der Waals surface area (Å²) in [7, 11) is 1.49. The van der Waals surface area contributed by atoms with E-state index < -0.39 is 11.8 Å². The van der Waals surface area contributed by atoms with Crippen molar-refractivity contribution < 1.29 is 19.4 Å². The quantitative estimate of drug-likeness (QED) is 0.575. The molecule has 0 aromatic heterocycles. The van der Waals surface area contributed by atoms with Gasteiger partial charge in [0.15, 0.2) is 0 Å². The summed E-state index contributed by atoms with van der Waals surface area (Å²) in [4.78, 5) is 21.7. The first-order chi connectivity index (χ1) is 6.66. The summed E-state index contributed by atoms with van der Waals surface area (Å²) in [5.74, 6) is -2.36. The van der Waals surface area contributed by atoms with Gasteiger partial charge < -0.3 is 9.84 Å². The van der Waals surface area contributed by atoms with Crippen molar-refractivity contribution in [2.75, 3.05) is 7.11 Å². The molecule has 1 N–H and O–H groups in total. The molecule has 1 aromatic carbocycles. The van der Waals surface area contributed by atoms with Gasteiger partial charge >= 0.3 is 5.97 Å². The molecule has 0 heterocycles. The van der Waals surface area contributed by atoms with Crippen LogP contribution >= 0.6 is 0 Å². The predicted octanol–water partition coefficient (Wildman–Crippen LogP) is 1.10. The second-order valence-corrected chi connectivity index (χ2v) is 2.72. The van der Waals surface area contributed by atoms with Crippen molar-refractivity contribution in [1.29, 1.82) is 0 Å². The van der Waals surface area contributed by atoms with Crippen LogP contribution in [0.25, 0.3) is 0 Å². The maximum atomic E-state index is 11.2. The SMILES string of the molecule is COCc1ccccc1C(=O)C(=O)O.